The molecule has 1 aromatic carbocycles. The summed E-state index contributed by atoms with van der Waals surface area (Å²) in [4.78, 5) is 2.49. The molecule has 2 aliphatic rings. The lowest BCUT2D eigenvalue weighted by molar-refractivity contribution is 0.0943. The van der Waals surface area contributed by atoms with Gasteiger partial charge in [-0.05, 0) is 43.9 Å². The zero-order chi connectivity index (χ0) is 13.4. The van der Waals surface area contributed by atoms with E-state index in [9.17, 15) is 0 Å². The van der Waals surface area contributed by atoms with Crippen molar-refractivity contribution in [3.8, 4) is 5.75 Å². The predicted octanol–water partition coefficient (Wildman–Crippen LogP) is 2.06. The number of fused-ring (bicyclic) bond motifs is 3. The molecular formula is C16H24N2O. The van der Waals surface area contributed by atoms with E-state index in [1.54, 1.807) is 0 Å². The van der Waals surface area contributed by atoms with Crippen molar-refractivity contribution in [3.63, 3.8) is 0 Å². The van der Waals surface area contributed by atoms with Crippen LogP contribution in [0.15, 0.2) is 12.1 Å². The zero-order valence-electron chi connectivity index (χ0n) is 12.0. The Balaban J connectivity index is 1.88. The Morgan fingerprint density at radius 2 is 2.11 bits per heavy atom. The van der Waals surface area contributed by atoms with Crippen LogP contribution in [0.5, 0.6) is 5.75 Å². The van der Waals surface area contributed by atoms with Crippen LogP contribution in [0, 0.1) is 19.8 Å². The van der Waals surface area contributed by atoms with Crippen LogP contribution in [0.4, 0.5) is 0 Å². The molecule has 3 rings (SSSR count). The highest BCUT2D eigenvalue weighted by atomic mass is 16.5. The Hall–Kier alpha value is -1.06. The lowest BCUT2D eigenvalue weighted by Gasteiger charge is -2.42. The van der Waals surface area contributed by atoms with Gasteiger partial charge in [0.1, 0.15) is 5.75 Å². The van der Waals surface area contributed by atoms with Crippen LogP contribution in [-0.4, -0.2) is 37.7 Å². The molecule has 0 amide bonds. The molecular weight excluding hydrogens is 236 g/mol. The number of hydrogen-bond donors (Lipinski definition) is 1. The summed E-state index contributed by atoms with van der Waals surface area (Å²) in [5, 5.41) is 0. The van der Waals surface area contributed by atoms with Crippen LogP contribution >= 0.6 is 0 Å². The standard InChI is InChI=1S/C16H24N2O/c1-11-3-4-12(2)16-15(11)14-5-7-18(8-6-17)9-13(14)10-19-16/h3-4,13-14H,5-10,17H2,1-2H3. The van der Waals surface area contributed by atoms with E-state index in [0.717, 1.165) is 32.0 Å². The van der Waals surface area contributed by atoms with Crippen LogP contribution in [0.1, 0.15) is 29.0 Å². The maximum atomic E-state index is 6.07. The Morgan fingerprint density at radius 1 is 1.32 bits per heavy atom. The number of ether oxygens (including phenoxy) is 1. The minimum absolute atomic E-state index is 0.633. The van der Waals surface area contributed by atoms with Gasteiger partial charge in [0.2, 0.25) is 0 Å². The van der Waals surface area contributed by atoms with Crippen molar-refractivity contribution in [3.05, 3.63) is 28.8 Å². The van der Waals surface area contributed by atoms with Crippen molar-refractivity contribution < 1.29 is 4.74 Å². The molecule has 1 saturated heterocycles. The SMILES string of the molecule is Cc1ccc(C)c2c1OCC1CN(CCN)CCC21. The largest absolute Gasteiger partial charge is 0.493 e. The van der Waals surface area contributed by atoms with E-state index in [1.807, 2.05) is 0 Å². The second kappa shape index (κ2) is 5.14. The van der Waals surface area contributed by atoms with Gasteiger partial charge in [-0.3, -0.25) is 0 Å². The topological polar surface area (TPSA) is 38.5 Å². The summed E-state index contributed by atoms with van der Waals surface area (Å²) in [6, 6.07) is 4.42. The van der Waals surface area contributed by atoms with E-state index in [-0.39, 0.29) is 0 Å². The monoisotopic (exact) mass is 260 g/mol. The summed E-state index contributed by atoms with van der Waals surface area (Å²) in [7, 11) is 0. The molecule has 19 heavy (non-hydrogen) atoms. The molecule has 104 valence electrons. The van der Waals surface area contributed by atoms with Crippen LogP contribution in [-0.2, 0) is 0 Å². The molecule has 0 spiro atoms. The molecule has 0 radical (unpaired) electrons. The summed E-state index contributed by atoms with van der Waals surface area (Å²) < 4.78 is 6.07. The first kappa shape index (κ1) is 12.9. The number of aryl methyl sites for hydroxylation is 2. The second-order valence-corrected chi connectivity index (χ2v) is 6.00. The van der Waals surface area contributed by atoms with Gasteiger partial charge in [0.05, 0.1) is 6.61 Å². The Labute approximate surface area is 115 Å². The molecule has 3 heteroatoms. The zero-order valence-corrected chi connectivity index (χ0v) is 12.0. The summed E-state index contributed by atoms with van der Waals surface area (Å²) in [5.74, 6) is 2.47. The van der Waals surface area contributed by atoms with Crippen LogP contribution in [0.3, 0.4) is 0 Å². The molecule has 1 fully saturated rings. The fourth-order valence-electron chi connectivity index (χ4n) is 3.69. The summed E-state index contributed by atoms with van der Waals surface area (Å²) in [5.41, 5.74) is 9.82. The minimum Gasteiger partial charge on any atom is -0.493 e. The Morgan fingerprint density at radius 3 is 2.89 bits per heavy atom. The van der Waals surface area contributed by atoms with Gasteiger partial charge in [-0.2, -0.15) is 0 Å². The van der Waals surface area contributed by atoms with E-state index in [0.29, 0.717) is 11.8 Å². The van der Waals surface area contributed by atoms with Crippen molar-refractivity contribution >= 4 is 0 Å². The van der Waals surface area contributed by atoms with E-state index in [1.165, 1.54) is 29.7 Å². The molecule has 0 bridgehead atoms. The van der Waals surface area contributed by atoms with Crippen molar-refractivity contribution in [2.24, 2.45) is 11.7 Å². The van der Waals surface area contributed by atoms with Crippen LogP contribution in [0.2, 0.25) is 0 Å². The molecule has 0 aliphatic carbocycles. The molecule has 0 aromatic heterocycles. The Bertz CT molecular complexity index is 472. The van der Waals surface area contributed by atoms with Crippen molar-refractivity contribution in [1.82, 2.24) is 4.90 Å². The second-order valence-electron chi connectivity index (χ2n) is 6.00. The van der Waals surface area contributed by atoms with Gasteiger partial charge < -0.3 is 15.4 Å². The highest BCUT2D eigenvalue weighted by Gasteiger charge is 2.36. The summed E-state index contributed by atoms with van der Waals surface area (Å²) in [6.45, 7) is 9.32. The van der Waals surface area contributed by atoms with Gasteiger partial charge >= 0.3 is 0 Å². The maximum Gasteiger partial charge on any atom is 0.125 e. The number of likely N-dealkylation sites (tertiary alicyclic amines) is 1. The molecule has 2 heterocycles. The van der Waals surface area contributed by atoms with E-state index >= 15 is 0 Å². The third-order valence-corrected chi connectivity index (χ3v) is 4.69. The maximum absolute atomic E-state index is 6.07. The molecule has 2 unspecified atom stereocenters. The molecule has 2 aliphatic heterocycles. The molecule has 0 saturated carbocycles. The molecule has 3 nitrogen and oxygen atoms in total. The number of piperidine rings is 1. The first-order valence-electron chi connectivity index (χ1n) is 7.36. The first-order valence-corrected chi connectivity index (χ1v) is 7.36. The van der Waals surface area contributed by atoms with Gasteiger partial charge in [0.15, 0.2) is 0 Å². The van der Waals surface area contributed by atoms with Crippen molar-refractivity contribution in [1.29, 1.82) is 0 Å². The number of benzene rings is 1. The van der Waals surface area contributed by atoms with E-state index in [4.69, 9.17) is 10.5 Å². The summed E-state index contributed by atoms with van der Waals surface area (Å²) >= 11 is 0. The summed E-state index contributed by atoms with van der Waals surface area (Å²) in [6.07, 6.45) is 1.24. The quantitative estimate of drug-likeness (QED) is 0.884. The van der Waals surface area contributed by atoms with E-state index < -0.39 is 0 Å². The highest BCUT2D eigenvalue weighted by molar-refractivity contribution is 5.49. The average molecular weight is 260 g/mol. The molecule has 1 aromatic rings. The normalized spacial score (nSPS) is 26.5. The van der Waals surface area contributed by atoms with Gasteiger partial charge in [0, 0.05) is 31.1 Å². The molecule has 2 atom stereocenters. The van der Waals surface area contributed by atoms with E-state index in [2.05, 4.69) is 30.9 Å². The Kier molecular flexibility index (Phi) is 3.50. The van der Waals surface area contributed by atoms with Gasteiger partial charge in [0.25, 0.3) is 0 Å². The third kappa shape index (κ3) is 2.26. The van der Waals surface area contributed by atoms with Crippen LogP contribution < -0.4 is 10.5 Å². The fraction of sp³-hybridized carbons (Fsp3) is 0.625. The van der Waals surface area contributed by atoms with Crippen molar-refractivity contribution in [2.45, 2.75) is 26.2 Å². The average Bonchev–Trinajstić information content (AvgIpc) is 2.42. The lowest BCUT2D eigenvalue weighted by atomic mass is 9.76. The van der Waals surface area contributed by atoms with Gasteiger partial charge in [-0.25, -0.2) is 0 Å². The minimum atomic E-state index is 0.633. The molecule has 2 N–H and O–H groups in total. The number of hydrogen-bond acceptors (Lipinski definition) is 3. The fourth-order valence-corrected chi connectivity index (χ4v) is 3.69. The van der Waals surface area contributed by atoms with Crippen LogP contribution in [0.25, 0.3) is 0 Å². The van der Waals surface area contributed by atoms with Crippen molar-refractivity contribution in [2.75, 3.05) is 32.8 Å². The third-order valence-electron chi connectivity index (χ3n) is 4.69. The number of nitrogens with two attached hydrogens (primary N) is 1. The smallest absolute Gasteiger partial charge is 0.125 e. The predicted molar refractivity (Wildman–Crippen MR) is 77.8 cm³/mol. The van der Waals surface area contributed by atoms with Gasteiger partial charge in [-0.1, -0.05) is 12.1 Å². The van der Waals surface area contributed by atoms with Gasteiger partial charge in [-0.15, -0.1) is 0 Å². The number of nitrogens with zero attached hydrogens (tertiary/aromatic N) is 1. The first-order chi connectivity index (χ1) is 9.20. The lowest BCUT2D eigenvalue weighted by Crippen LogP contribution is -2.45. The highest BCUT2D eigenvalue weighted by Crippen LogP contribution is 2.44. The number of rotatable bonds is 2.